The zero-order valence-electron chi connectivity index (χ0n) is 20.0. The molecule has 0 bridgehead atoms. The van der Waals surface area contributed by atoms with Gasteiger partial charge in [-0.2, -0.15) is 4.31 Å². The molecule has 190 valence electrons. The maximum absolute atomic E-state index is 13.1. The molecule has 0 radical (unpaired) electrons. The van der Waals surface area contributed by atoms with E-state index in [1.54, 1.807) is 18.3 Å². The van der Waals surface area contributed by atoms with Crippen molar-refractivity contribution in [3.8, 4) is 0 Å². The number of piperazine rings is 1. The fourth-order valence-corrected chi connectivity index (χ4v) is 7.94. The Morgan fingerprint density at radius 1 is 1.20 bits per heavy atom. The smallest absolute Gasteiger partial charge is 0.410 e. The summed E-state index contributed by atoms with van der Waals surface area (Å²) in [6.45, 7) is 10.4. The number of sulfonamides is 1. The molecule has 0 aliphatic carbocycles. The van der Waals surface area contributed by atoms with Crippen LogP contribution in [0.1, 0.15) is 30.9 Å². The number of hydrogen-bond acceptors (Lipinski definition) is 10. The molecule has 1 fully saturated rings. The summed E-state index contributed by atoms with van der Waals surface area (Å²) in [7, 11) is -3.74. The van der Waals surface area contributed by atoms with Gasteiger partial charge in [0.1, 0.15) is 11.6 Å². The summed E-state index contributed by atoms with van der Waals surface area (Å²) in [5.41, 5.74) is 2.44. The number of rotatable bonds is 8. The van der Waals surface area contributed by atoms with Crippen LogP contribution < -0.4 is 10.6 Å². The van der Waals surface area contributed by atoms with Gasteiger partial charge >= 0.3 is 6.09 Å². The van der Waals surface area contributed by atoms with Crippen molar-refractivity contribution in [1.29, 1.82) is 0 Å². The number of nitrogens with zero attached hydrogens (tertiary/aromatic N) is 5. The molecule has 1 amide bonds. The number of carboxylic acid groups (broad SMARTS) is 1. The van der Waals surface area contributed by atoms with E-state index in [2.05, 4.69) is 44.7 Å². The second kappa shape index (κ2) is 10.3. The predicted molar refractivity (Wildman–Crippen MR) is 138 cm³/mol. The Bertz CT molecular complexity index is 1330. The number of thiazole rings is 1. The normalized spacial score (nSPS) is 16.5. The summed E-state index contributed by atoms with van der Waals surface area (Å²) in [6.07, 6.45) is -0.514. The number of carbonyl (C=O) groups is 1. The van der Waals surface area contributed by atoms with E-state index in [4.69, 9.17) is 10.1 Å². The van der Waals surface area contributed by atoms with Gasteiger partial charge in [-0.05, 0) is 31.7 Å². The molecule has 14 heteroatoms. The molecule has 35 heavy (non-hydrogen) atoms. The molecule has 3 N–H and O–H groups in total. The molecule has 4 heterocycles. The molecule has 3 aromatic heterocycles. The Morgan fingerprint density at radius 2 is 1.91 bits per heavy atom. The Morgan fingerprint density at radius 3 is 2.57 bits per heavy atom. The van der Waals surface area contributed by atoms with Crippen molar-refractivity contribution >= 4 is 60.0 Å². The summed E-state index contributed by atoms with van der Waals surface area (Å²) < 4.78 is 28.9. The van der Waals surface area contributed by atoms with Crippen LogP contribution in [-0.4, -0.2) is 82.5 Å². The lowest BCUT2D eigenvalue weighted by Crippen LogP contribution is -2.50. The van der Waals surface area contributed by atoms with Crippen LogP contribution in [-0.2, 0) is 16.4 Å². The first-order valence-electron chi connectivity index (χ1n) is 11.3. The highest BCUT2D eigenvalue weighted by Crippen LogP contribution is 2.31. The van der Waals surface area contributed by atoms with Gasteiger partial charge < -0.3 is 10.4 Å². The van der Waals surface area contributed by atoms with Crippen molar-refractivity contribution in [3.63, 3.8) is 0 Å². The lowest BCUT2D eigenvalue weighted by molar-refractivity contribution is 0.184. The summed E-state index contributed by atoms with van der Waals surface area (Å²) in [5, 5.41) is 16.7. The van der Waals surface area contributed by atoms with E-state index in [0.717, 1.165) is 51.7 Å². The van der Waals surface area contributed by atoms with Crippen LogP contribution >= 0.6 is 22.7 Å². The first kappa shape index (κ1) is 25.7. The molecule has 0 aromatic carbocycles. The molecule has 0 spiro atoms. The fourth-order valence-electron chi connectivity index (χ4n) is 4.04. The van der Waals surface area contributed by atoms with Gasteiger partial charge in [0.25, 0.3) is 10.0 Å². The van der Waals surface area contributed by atoms with Crippen molar-refractivity contribution < 1.29 is 18.3 Å². The highest BCUT2D eigenvalue weighted by atomic mass is 32.2. The van der Waals surface area contributed by atoms with Crippen LogP contribution in [0.25, 0.3) is 10.2 Å². The standard InChI is InChI=1S/C21H29N7O4S3/c1-5-15-24-16-12(2)11-33-17(16)18(25-15)22-13(3)10-27-6-8-28(9-7-27)35(31,32)19-14(4)23-20(34-19)26-21(29)30/h11,13H,5-10H2,1-4H3,(H,23,26)(H,29,30)(H,22,24,25). The maximum atomic E-state index is 13.1. The molecule has 3 aromatic rings. The van der Waals surface area contributed by atoms with Gasteiger partial charge in [-0.15, -0.1) is 11.3 Å². The quantitative estimate of drug-likeness (QED) is 0.393. The average Bonchev–Trinajstić information content (AvgIpc) is 3.36. The van der Waals surface area contributed by atoms with Crippen molar-refractivity contribution in [2.45, 2.75) is 44.4 Å². The van der Waals surface area contributed by atoms with Gasteiger partial charge in [0.15, 0.2) is 9.34 Å². The minimum absolute atomic E-state index is 0.0538. The molecular weight excluding hydrogens is 510 g/mol. The van der Waals surface area contributed by atoms with Crippen molar-refractivity contribution in [2.75, 3.05) is 43.4 Å². The highest BCUT2D eigenvalue weighted by Gasteiger charge is 2.32. The van der Waals surface area contributed by atoms with E-state index >= 15 is 0 Å². The first-order valence-corrected chi connectivity index (χ1v) is 14.4. The lowest BCUT2D eigenvalue weighted by Gasteiger charge is -2.35. The van der Waals surface area contributed by atoms with Crippen molar-refractivity contribution in [3.05, 3.63) is 22.5 Å². The molecule has 1 aliphatic rings. The number of thiophene rings is 1. The van der Waals surface area contributed by atoms with Crippen LogP contribution in [0, 0.1) is 13.8 Å². The highest BCUT2D eigenvalue weighted by molar-refractivity contribution is 7.91. The monoisotopic (exact) mass is 539 g/mol. The zero-order valence-corrected chi connectivity index (χ0v) is 22.5. The Labute approximate surface area is 212 Å². The summed E-state index contributed by atoms with van der Waals surface area (Å²) in [6, 6.07) is 0.108. The van der Waals surface area contributed by atoms with Crippen LogP contribution in [0.15, 0.2) is 9.59 Å². The summed E-state index contributed by atoms with van der Waals surface area (Å²) in [4.78, 5) is 26.5. The minimum atomic E-state index is -3.74. The number of anilines is 2. The second-order valence-corrected chi connectivity index (χ2v) is 12.5. The largest absolute Gasteiger partial charge is 0.465 e. The molecule has 1 saturated heterocycles. The Hall–Kier alpha value is -2.39. The number of aryl methyl sites for hydroxylation is 3. The molecule has 1 aliphatic heterocycles. The first-order chi connectivity index (χ1) is 16.6. The topological polar surface area (TPSA) is 141 Å². The molecule has 0 saturated carbocycles. The zero-order chi connectivity index (χ0) is 25.3. The van der Waals surface area contributed by atoms with E-state index in [1.165, 1.54) is 4.31 Å². The number of amides is 1. The average molecular weight is 540 g/mol. The van der Waals surface area contributed by atoms with Crippen molar-refractivity contribution in [2.24, 2.45) is 0 Å². The maximum Gasteiger partial charge on any atom is 0.410 e. The van der Waals surface area contributed by atoms with Gasteiger partial charge in [-0.1, -0.05) is 18.3 Å². The van der Waals surface area contributed by atoms with Gasteiger partial charge in [0.2, 0.25) is 0 Å². The summed E-state index contributed by atoms with van der Waals surface area (Å²) >= 11 is 2.48. The SMILES string of the molecule is CCc1nc(NC(C)CN2CCN(S(=O)(=O)c3sc(NC(=O)O)nc3C)CC2)c2scc(C)c2n1. The number of fused-ring (bicyclic) bond motifs is 1. The Kier molecular flexibility index (Phi) is 7.57. The third kappa shape index (κ3) is 5.56. The third-order valence-corrected chi connectivity index (χ3v) is 10.4. The van der Waals surface area contributed by atoms with Crippen LogP contribution in [0.5, 0.6) is 0 Å². The molecule has 1 unspecified atom stereocenters. The van der Waals surface area contributed by atoms with E-state index < -0.39 is 16.1 Å². The fraction of sp³-hybridized carbons (Fsp3) is 0.524. The second-order valence-electron chi connectivity index (χ2n) is 8.51. The van der Waals surface area contributed by atoms with E-state index in [0.29, 0.717) is 31.9 Å². The van der Waals surface area contributed by atoms with E-state index in [1.807, 2.05) is 6.92 Å². The number of aromatic nitrogens is 3. The van der Waals surface area contributed by atoms with Gasteiger partial charge in [-0.25, -0.2) is 28.2 Å². The van der Waals surface area contributed by atoms with Crippen molar-refractivity contribution in [1.82, 2.24) is 24.2 Å². The minimum Gasteiger partial charge on any atom is -0.465 e. The van der Waals surface area contributed by atoms with Crippen LogP contribution in [0.2, 0.25) is 0 Å². The van der Waals surface area contributed by atoms with Gasteiger partial charge in [0, 0.05) is 45.2 Å². The Balaban J connectivity index is 1.38. The molecule has 1 atom stereocenters. The third-order valence-electron chi connectivity index (χ3n) is 5.74. The summed E-state index contributed by atoms with van der Waals surface area (Å²) in [5.74, 6) is 1.66. The molecule has 11 nitrogen and oxygen atoms in total. The number of hydrogen-bond donors (Lipinski definition) is 3. The molecule has 4 rings (SSSR count). The molecular formula is C21H29N7O4S3. The van der Waals surface area contributed by atoms with E-state index in [-0.39, 0.29) is 15.4 Å². The lowest BCUT2D eigenvalue weighted by atomic mass is 10.2. The number of nitrogens with one attached hydrogen (secondary N) is 2. The predicted octanol–water partition coefficient (Wildman–Crippen LogP) is 3.22. The van der Waals surface area contributed by atoms with Gasteiger partial charge in [-0.3, -0.25) is 10.2 Å². The van der Waals surface area contributed by atoms with Crippen LogP contribution in [0.4, 0.5) is 15.7 Å². The van der Waals surface area contributed by atoms with Gasteiger partial charge in [0.05, 0.1) is 15.9 Å². The van der Waals surface area contributed by atoms with Crippen LogP contribution in [0.3, 0.4) is 0 Å². The van der Waals surface area contributed by atoms with E-state index in [9.17, 15) is 13.2 Å².